The van der Waals surface area contributed by atoms with Crippen LogP contribution in [0.3, 0.4) is 0 Å². The van der Waals surface area contributed by atoms with Crippen LogP contribution in [0, 0.1) is 5.82 Å². The van der Waals surface area contributed by atoms with Gasteiger partial charge < -0.3 is 0 Å². The maximum Gasteiger partial charge on any atom is 0.170 e. The molecule has 3 heteroatoms. The summed E-state index contributed by atoms with van der Waals surface area (Å²) in [4.78, 5) is 4.64. The van der Waals surface area contributed by atoms with Crippen molar-refractivity contribution < 1.29 is 4.39 Å². The highest BCUT2D eigenvalue weighted by Gasteiger charge is 2.20. The largest absolute Gasteiger partial charge is 0.256 e. The van der Waals surface area contributed by atoms with Crippen molar-refractivity contribution in [3.63, 3.8) is 0 Å². The van der Waals surface area contributed by atoms with E-state index in [1.165, 1.54) is 0 Å². The van der Waals surface area contributed by atoms with E-state index in [0.717, 1.165) is 43.7 Å². The second kappa shape index (κ2) is 6.45. The zero-order valence-electron chi connectivity index (χ0n) is 15.9. The molecule has 5 aromatic rings. The summed E-state index contributed by atoms with van der Waals surface area (Å²) in [5.74, 6) is -0.173. The number of pyridine rings is 1. The van der Waals surface area contributed by atoms with E-state index in [2.05, 4.69) is 42.9 Å². The Kier molecular flexibility index (Phi) is 3.90. The van der Waals surface area contributed by atoms with E-state index >= 15 is 4.39 Å². The topological polar surface area (TPSA) is 12.9 Å². The first kappa shape index (κ1) is 16.9. The van der Waals surface area contributed by atoms with Crippen molar-refractivity contribution in [2.75, 3.05) is 0 Å². The third kappa shape index (κ3) is 2.50. The number of nitrogens with zero attached hydrogens (tertiary/aromatic N) is 1. The molecular formula is C25H19BFN. The third-order valence-electron chi connectivity index (χ3n) is 5.53. The molecule has 0 atom stereocenters. The molecule has 28 heavy (non-hydrogen) atoms. The SMILES string of the molecule is CB(C)c1cc(F)c2ccc3ccc4ccccc4c3c2c1-c1ccccn1. The van der Waals surface area contributed by atoms with E-state index in [4.69, 9.17) is 0 Å². The average Bonchev–Trinajstić information content (AvgIpc) is 2.73. The molecule has 0 aliphatic rings. The van der Waals surface area contributed by atoms with Crippen LogP contribution in [-0.4, -0.2) is 11.7 Å². The van der Waals surface area contributed by atoms with Gasteiger partial charge >= 0.3 is 0 Å². The minimum atomic E-state index is -0.173. The van der Waals surface area contributed by atoms with Crippen molar-refractivity contribution >= 4 is 44.5 Å². The fraction of sp³-hybridized carbons (Fsp3) is 0.0800. The van der Waals surface area contributed by atoms with Crippen LogP contribution in [-0.2, 0) is 0 Å². The van der Waals surface area contributed by atoms with Gasteiger partial charge in [-0.1, -0.05) is 73.7 Å². The van der Waals surface area contributed by atoms with Gasteiger partial charge in [0, 0.05) is 22.5 Å². The van der Waals surface area contributed by atoms with Gasteiger partial charge in [0.15, 0.2) is 6.71 Å². The van der Waals surface area contributed by atoms with Crippen LogP contribution in [0.2, 0.25) is 13.6 Å². The Morgan fingerprint density at radius 1 is 0.750 bits per heavy atom. The summed E-state index contributed by atoms with van der Waals surface area (Å²) in [6, 6.07) is 24.1. The van der Waals surface area contributed by atoms with Gasteiger partial charge in [0.05, 0.1) is 5.69 Å². The first-order valence-electron chi connectivity index (χ1n) is 9.63. The van der Waals surface area contributed by atoms with Gasteiger partial charge in [-0.05, 0) is 39.7 Å². The molecule has 5 rings (SSSR count). The zero-order chi connectivity index (χ0) is 19.3. The van der Waals surface area contributed by atoms with Crippen LogP contribution < -0.4 is 5.46 Å². The standard InChI is InChI=1S/C25H19BFN/c1-26(2)20-15-21(27)19-13-12-17-11-10-16-7-3-4-8-18(16)23(17)24(19)25(20)22-9-5-6-14-28-22/h3-15H,1-2H3. The van der Waals surface area contributed by atoms with E-state index in [9.17, 15) is 0 Å². The molecule has 0 saturated heterocycles. The molecule has 0 aliphatic carbocycles. The second-order valence-electron chi connectivity index (χ2n) is 7.57. The summed E-state index contributed by atoms with van der Waals surface area (Å²) >= 11 is 0. The van der Waals surface area contributed by atoms with Crippen molar-refractivity contribution in [3.8, 4) is 11.3 Å². The molecule has 0 radical (unpaired) electrons. The zero-order valence-corrected chi connectivity index (χ0v) is 15.9. The molecule has 0 saturated carbocycles. The molecule has 1 nitrogen and oxygen atoms in total. The molecule has 0 aliphatic heterocycles. The molecule has 1 heterocycles. The molecule has 0 amide bonds. The maximum atomic E-state index is 15.2. The number of hydrogen-bond donors (Lipinski definition) is 0. The molecule has 0 N–H and O–H groups in total. The number of fused-ring (bicyclic) bond motifs is 5. The van der Waals surface area contributed by atoms with Crippen molar-refractivity contribution in [2.24, 2.45) is 0 Å². The van der Waals surface area contributed by atoms with Gasteiger partial charge in [0.2, 0.25) is 0 Å². The molecule has 0 bridgehead atoms. The van der Waals surface area contributed by atoms with Crippen LogP contribution in [0.25, 0.3) is 43.6 Å². The number of benzene rings is 4. The summed E-state index contributed by atoms with van der Waals surface area (Å²) in [7, 11) is 0. The molecular weight excluding hydrogens is 344 g/mol. The fourth-order valence-corrected chi connectivity index (χ4v) is 4.23. The van der Waals surface area contributed by atoms with Gasteiger partial charge in [-0.2, -0.15) is 0 Å². The lowest BCUT2D eigenvalue weighted by atomic mass is 9.48. The Morgan fingerprint density at radius 2 is 1.50 bits per heavy atom. The minimum absolute atomic E-state index is 0.173. The summed E-state index contributed by atoms with van der Waals surface area (Å²) in [5, 5.41) is 6.11. The minimum Gasteiger partial charge on any atom is -0.256 e. The lowest BCUT2D eigenvalue weighted by molar-refractivity contribution is 0.641. The molecule has 0 unspecified atom stereocenters. The summed E-state index contributed by atoms with van der Waals surface area (Å²) in [6.45, 7) is 4.40. The Bertz CT molecular complexity index is 1340. The van der Waals surface area contributed by atoms with Crippen molar-refractivity contribution in [1.29, 1.82) is 0 Å². The number of rotatable bonds is 2. The third-order valence-corrected chi connectivity index (χ3v) is 5.53. The molecule has 134 valence electrons. The van der Waals surface area contributed by atoms with Crippen molar-refractivity contribution in [3.05, 3.63) is 84.8 Å². The summed E-state index contributed by atoms with van der Waals surface area (Å²) < 4.78 is 15.2. The van der Waals surface area contributed by atoms with Crippen LogP contribution in [0.15, 0.2) is 79.0 Å². The first-order chi connectivity index (χ1) is 13.6. The highest BCUT2D eigenvalue weighted by molar-refractivity contribution is 6.72. The van der Waals surface area contributed by atoms with E-state index in [-0.39, 0.29) is 12.5 Å². The van der Waals surface area contributed by atoms with Crippen LogP contribution >= 0.6 is 0 Å². The fourth-order valence-electron chi connectivity index (χ4n) is 4.23. The Hall–Kier alpha value is -3.20. The van der Waals surface area contributed by atoms with Crippen molar-refractivity contribution in [1.82, 2.24) is 4.98 Å². The number of halogens is 1. The molecule has 0 fully saturated rings. The monoisotopic (exact) mass is 363 g/mol. The summed E-state index contributed by atoms with van der Waals surface area (Å²) in [5.41, 5.74) is 2.91. The van der Waals surface area contributed by atoms with Gasteiger partial charge in [-0.25, -0.2) is 4.39 Å². The van der Waals surface area contributed by atoms with Gasteiger partial charge in [0.25, 0.3) is 0 Å². The lowest BCUT2D eigenvalue weighted by Crippen LogP contribution is -2.26. The maximum absolute atomic E-state index is 15.2. The Balaban J connectivity index is 2.11. The van der Waals surface area contributed by atoms with Crippen molar-refractivity contribution in [2.45, 2.75) is 13.6 Å². The average molecular weight is 363 g/mol. The van der Waals surface area contributed by atoms with E-state index < -0.39 is 0 Å². The Morgan fingerprint density at radius 3 is 2.29 bits per heavy atom. The van der Waals surface area contributed by atoms with Crippen LogP contribution in [0.1, 0.15) is 0 Å². The molecule has 1 aromatic heterocycles. The normalized spacial score (nSPS) is 11.4. The first-order valence-corrected chi connectivity index (χ1v) is 9.63. The smallest absolute Gasteiger partial charge is 0.170 e. The predicted molar refractivity (Wildman–Crippen MR) is 119 cm³/mol. The van der Waals surface area contributed by atoms with E-state index in [1.54, 1.807) is 12.3 Å². The second-order valence-corrected chi connectivity index (χ2v) is 7.57. The number of aromatic nitrogens is 1. The van der Waals surface area contributed by atoms with Gasteiger partial charge in [-0.15, -0.1) is 0 Å². The van der Waals surface area contributed by atoms with Gasteiger partial charge in [-0.3, -0.25) is 4.98 Å². The van der Waals surface area contributed by atoms with Crippen LogP contribution in [0.4, 0.5) is 4.39 Å². The molecule has 4 aromatic carbocycles. The highest BCUT2D eigenvalue weighted by Crippen LogP contribution is 2.38. The Labute approximate surface area is 163 Å². The lowest BCUT2D eigenvalue weighted by Gasteiger charge is -2.18. The van der Waals surface area contributed by atoms with Gasteiger partial charge in [0.1, 0.15) is 5.82 Å². The quantitative estimate of drug-likeness (QED) is 0.265. The highest BCUT2D eigenvalue weighted by atomic mass is 19.1. The van der Waals surface area contributed by atoms with E-state index in [1.807, 2.05) is 42.5 Å². The van der Waals surface area contributed by atoms with E-state index in [0.29, 0.717) is 5.39 Å². The predicted octanol–water partition coefficient (Wildman–Crippen LogP) is 6.31. The molecule has 0 spiro atoms. The summed E-state index contributed by atoms with van der Waals surface area (Å²) in [6.07, 6.45) is 1.80. The van der Waals surface area contributed by atoms with Crippen LogP contribution in [0.5, 0.6) is 0 Å². The number of hydrogen-bond acceptors (Lipinski definition) is 1.